The minimum absolute atomic E-state index is 0.143. The van der Waals surface area contributed by atoms with Crippen LogP contribution in [0.4, 0.5) is 0 Å². The lowest BCUT2D eigenvalue weighted by atomic mass is 9.94. The molecule has 3 rings (SSSR count). The average Bonchev–Trinajstić information content (AvgIpc) is 2.98. The topological polar surface area (TPSA) is 58.2 Å². The number of para-hydroxylation sites is 1. The van der Waals surface area contributed by atoms with E-state index in [2.05, 4.69) is 10.2 Å². The molecule has 5 heteroatoms. The van der Waals surface area contributed by atoms with Crippen LogP contribution in [0.5, 0.6) is 5.75 Å². The molecule has 0 radical (unpaired) electrons. The molecular weight excluding hydrogens is 314 g/mol. The van der Waals surface area contributed by atoms with Crippen molar-refractivity contribution in [2.75, 3.05) is 19.7 Å². The van der Waals surface area contributed by atoms with Crippen molar-refractivity contribution in [3.63, 3.8) is 0 Å². The molecule has 1 unspecified atom stereocenters. The molecule has 0 saturated carbocycles. The second-order valence-electron chi connectivity index (χ2n) is 6.96. The van der Waals surface area contributed by atoms with Crippen LogP contribution in [-0.4, -0.2) is 40.7 Å². The zero-order valence-corrected chi connectivity index (χ0v) is 15.3. The van der Waals surface area contributed by atoms with Crippen molar-refractivity contribution in [3.8, 4) is 5.75 Å². The summed E-state index contributed by atoms with van der Waals surface area (Å²) in [6, 6.07) is 9.92. The third-order valence-electron chi connectivity index (χ3n) is 5.14. The Morgan fingerprint density at radius 3 is 2.56 bits per heavy atom. The summed E-state index contributed by atoms with van der Waals surface area (Å²) in [6.07, 6.45) is 1.99. The maximum absolute atomic E-state index is 12.8. The van der Waals surface area contributed by atoms with Crippen molar-refractivity contribution in [1.82, 2.24) is 15.1 Å². The normalized spacial score (nSPS) is 16.7. The number of amides is 1. The van der Waals surface area contributed by atoms with Gasteiger partial charge in [-0.1, -0.05) is 18.2 Å². The van der Waals surface area contributed by atoms with Crippen molar-refractivity contribution in [2.24, 2.45) is 5.92 Å². The molecule has 1 aliphatic rings. The third kappa shape index (κ3) is 4.03. The largest absolute Gasteiger partial charge is 0.493 e. The number of nitrogens with one attached hydrogen (secondary N) is 1. The first-order valence-electron chi connectivity index (χ1n) is 9.04. The molecule has 1 N–H and O–H groups in total. The van der Waals surface area contributed by atoms with E-state index in [0.717, 1.165) is 55.2 Å². The number of carbonyl (C=O) groups is 1. The summed E-state index contributed by atoms with van der Waals surface area (Å²) in [5.41, 5.74) is 2.95. The lowest BCUT2D eigenvalue weighted by molar-refractivity contribution is -0.134. The molecule has 1 aromatic carbocycles. The fourth-order valence-electron chi connectivity index (χ4n) is 3.65. The van der Waals surface area contributed by atoms with Gasteiger partial charge in [-0.3, -0.25) is 9.89 Å². The van der Waals surface area contributed by atoms with Crippen LogP contribution < -0.4 is 4.74 Å². The number of hydrogen-bond acceptors (Lipinski definition) is 3. The Morgan fingerprint density at radius 1 is 1.28 bits per heavy atom. The van der Waals surface area contributed by atoms with Gasteiger partial charge < -0.3 is 9.64 Å². The van der Waals surface area contributed by atoms with Crippen molar-refractivity contribution in [2.45, 2.75) is 39.5 Å². The Balaban J connectivity index is 1.51. The van der Waals surface area contributed by atoms with Crippen LogP contribution >= 0.6 is 0 Å². The molecule has 0 aliphatic carbocycles. The average molecular weight is 341 g/mol. The zero-order chi connectivity index (χ0) is 17.8. The first-order valence-corrected chi connectivity index (χ1v) is 9.04. The Kier molecular flexibility index (Phi) is 5.41. The van der Waals surface area contributed by atoms with Crippen LogP contribution in [0.25, 0.3) is 0 Å². The molecule has 0 spiro atoms. The second-order valence-corrected chi connectivity index (χ2v) is 6.96. The monoisotopic (exact) mass is 341 g/mol. The number of aromatic amines is 1. The van der Waals surface area contributed by atoms with Gasteiger partial charge in [0.15, 0.2) is 0 Å². The highest BCUT2D eigenvalue weighted by Gasteiger charge is 2.29. The number of ether oxygens (including phenoxy) is 1. The van der Waals surface area contributed by atoms with E-state index in [9.17, 15) is 4.79 Å². The fourth-order valence-corrected chi connectivity index (χ4v) is 3.65. The number of aromatic nitrogens is 2. The molecule has 1 atom stereocenters. The van der Waals surface area contributed by atoms with E-state index in [0.29, 0.717) is 5.92 Å². The van der Waals surface area contributed by atoms with Gasteiger partial charge in [0, 0.05) is 24.3 Å². The van der Waals surface area contributed by atoms with Gasteiger partial charge >= 0.3 is 0 Å². The van der Waals surface area contributed by atoms with Crippen LogP contribution in [0.2, 0.25) is 0 Å². The molecule has 5 nitrogen and oxygen atoms in total. The summed E-state index contributed by atoms with van der Waals surface area (Å²) in [4.78, 5) is 14.8. The van der Waals surface area contributed by atoms with E-state index in [1.807, 2.05) is 56.0 Å². The fraction of sp³-hybridized carbons (Fsp3) is 0.500. The van der Waals surface area contributed by atoms with E-state index in [1.54, 1.807) is 0 Å². The van der Waals surface area contributed by atoms with Gasteiger partial charge in [0.25, 0.3) is 0 Å². The highest BCUT2D eigenvalue weighted by molar-refractivity contribution is 5.84. The molecule has 25 heavy (non-hydrogen) atoms. The number of H-pyrrole nitrogens is 1. The predicted octanol–water partition coefficient (Wildman–Crippen LogP) is 3.45. The van der Waals surface area contributed by atoms with Crippen molar-refractivity contribution in [3.05, 3.63) is 47.3 Å². The van der Waals surface area contributed by atoms with Gasteiger partial charge in [0.2, 0.25) is 5.91 Å². The van der Waals surface area contributed by atoms with Crippen LogP contribution in [0.1, 0.15) is 42.6 Å². The minimum atomic E-state index is -0.143. The number of piperidine rings is 1. The minimum Gasteiger partial charge on any atom is -0.493 e. The van der Waals surface area contributed by atoms with Gasteiger partial charge in [-0.25, -0.2) is 0 Å². The van der Waals surface area contributed by atoms with E-state index >= 15 is 0 Å². The SMILES string of the molecule is Cc1n[nH]c(C)c1C(C)C(=O)N1CCC(COc2ccccc2)CC1. The maximum atomic E-state index is 12.8. The Labute approximate surface area is 149 Å². The van der Waals surface area contributed by atoms with Gasteiger partial charge in [-0.15, -0.1) is 0 Å². The lowest BCUT2D eigenvalue weighted by Crippen LogP contribution is -2.41. The molecule has 0 bridgehead atoms. The van der Waals surface area contributed by atoms with Crippen LogP contribution in [0, 0.1) is 19.8 Å². The summed E-state index contributed by atoms with van der Waals surface area (Å²) in [5.74, 6) is 1.49. The number of carbonyl (C=O) groups excluding carboxylic acids is 1. The number of rotatable bonds is 5. The first-order chi connectivity index (χ1) is 12.1. The summed E-state index contributed by atoms with van der Waals surface area (Å²) in [5, 5.41) is 7.20. The molecule has 134 valence electrons. The standard InChI is InChI=1S/C20H27N3O2/c1-14(19-15(2)21-22-16(19)3)20(24)23-11-9-17(10-12-23)13-25-18-7-5-4-6-8-18/h4-8,14,17H,9-13H2,1-3H3,(H,21,22). The van der Waals surface area contributed by atoms with Crippen molar-refractivity contribution in [1.29, 1.82) is 0 Å². The van der Waals surface area contributed by atoms with Crippen molar-refractivity contribution < 1.29 is 9.53 Å². The van der Waals surface area contributed by atoms with E-state index in [1.165, 1.54) is 0 Å². The van der Waals surface area contributed by atoms with Crippen LogP contribution in [0.15, 0.2) is 30.3 Å². The molecule has 1 aromatic heterocycles. The van der Waals surface area contributed by atoms with Gasteiger partial charge in [-0.2, -0.15) is 5.10 Å². The van der Waals surface area contributed by atoms with Crippen LogP contribution in [-0.2, 0) is 4.79 Å². The number of aryl methyl sites for hydroxylation is 2. The number of benzene rings is 1. The molecule has 1 fully saturated rings. The predicted molar refractivity (Wildman–Crippen MR) is 97.7 cm³/mol. The molecule has 1 amide bonds. The summed E-state index contributed by atoms with van der Waals surface area (Å²) >= 11 is 0. The molecular formula is C20H27N3O2. The van der Waals surface area contributed by atoms with Gasteiger partial charge in [-0.05, 0) is 51.7 Å². The Bertz CT molecular complexity index is 683. The highest BCUT2D eigenvalue weighted by atomic mass is 16.5. The van der Waals surface area contributed by atoms with E-state index < -0.39 is 0 Å². The maximum Gasteiger partial charge on any atom is 0.229 e. The number of nitrogens with zero attached hydrogens (tertiary/aromatic N) is 2. The lowest BCUT2D eigenvalue weighted by Gasteiger charge is -2.33. The molecule has 2 heterocycles. The van der Waals surface area contributed by atoms with Crippen LogP contribution in [0.3, 0.4) is 0 Å². The summed E-state index contributed by atoms with van der Waals surface area (Å²) in [7, 11) is 0. The smallest absolute Gasteiger partial charge is 0.229 e. The quantitative estimate of drug-likeness (QED) is 0.906. The Hall–Kier alpha value is -2.30. The number of hydrogen-bond donors (Lipinski definition) is 1. The molecule has 2 aromatic rings. The van der Waals surface area contributed by atoms with Gasteiger partial charge in [0.05, 0.1) is 18.2 Å². The van der Waals surface area contributed by atoms with Crippen molar-refractivity contribution >= 4 is 5.91 Å². The molecule has 1 saturated heterocycles. The Morgan fingerprint density at radius 2 is 1.96 bits per heavy atom. The van der Waals surface area contributed by atoms with E-state index in [4.69, 9.17) is 4.74 Å². The number of likely N-dealkylation sites (tertiary alicyclic amines) is 1. The zero-order valence-electron chi connectivity index (χ0n) is 15.3. The first kappa shape index (κ1) is 17.5. The second kappa shape index (κ2) is 7.72. The third-order valence-corrected chi connectivity index (χ3v) is 5.14. The highest BCUT2D eigenvalue weighted by Crippen LogP contribution is 2.26. The summed E-state index contributed by atoms with van der Waals surface area (Å²) < 4.78 is 5.86. The summed E-state index contributed by atoms with van der Waals surface area (Å²) in [6.45, 7) is 8.26. The molecule has 1 aliphatic heterocycles. The van der Waals surface area contributed by atoms with Gasteiger partial charge in [0.1, 0.15) is 5.75 Å². The van der Waals surface area contributed by atoms with E-state index in [-0.39, 0.29) is 11.8 Å².